The van der Waals surface area contributed by atoms with Crippen LogP contribution in [0.4, 0.5) is 0 Å². The van der Waals surface area contributed by atoms with E-state index in [9.17, 15) is 14.4 Å². The number of guanidine groups is 1. The summed E-state index contributed by atoms with van der Waals surface area (Å²) in [4.78, 5) is 42.4. The molecule has 0 bridgehead atoms. The molecule has 0 aliphatic carbocycles. The van der Waals surface area contributed by atoms with Gasteiger partial charge in [0.05, 0.1) is 19.3 Å². The number of hydrogen-bond donors (Lipinski definition) is 4. The summed E-state index contributed by atoms with van der Waals surface area (Å²) in [6.07, 6.45) is 44.2. The minimum atomic E-state index is -0.978. The molecule has 0 spiro atoms. The van der Waals surface area contributed by atoms with Gasteiger partial charge in [0, 0.05) is 13.0 Å². The molecule has 332 valence electrons. The fourth-order valence-corrected chi connectivity index (χ4v) is 6.67. The van der Waals surface area contributed by atoms with Gasteiger partial charge in [-0.05, 0) is 83.5 Å². The van der Waals surface area contributed by atoms with Crippen LogP contribution >= 0.6 is 0 Å². The van der Waals surface area contributed by atoms with Crippen LogP contribution in [0, 0.1) is 0 Å². The van der Waals surface area contributed by atoms with Crippen LogP contribution < -0.4 is 22.5 Å². The van der Waals surface area contributed by atoms with E-state index in [0.717, 1.165) is 51.4 Å². The van der Waals surface area contributed by atoms with E-state index in [0.29, 0.717) is 26.0 Å². The number of amides is 1. The molecule has 0 aromatic rings. The lowest BCUT2D eigenvalue weighted by Gasteiger charge is -2.20. The molecule has 0 radical (unpaired) electrons. The molecule has 1 amide bonds. The smallest absolute Gasteiger partial charge is 0.328 e. The van der Waals surface area contributed by atoms with Crippen molar-refractivity contribution in [3.05, 3.63) is 24.3 Å². The van der Waals surface area contributed by atoms with E-state index in [1.54, 1.807) is 0 Å². The molecular weight excluding hydrogens is 715 g/mol. The van der Waals surface area contributed by atoms with E-state index in [-0.39, 0.29) is 31.4 Å². The summed E-state index contributed by atoms with van der Waals surface area (Å²) in [5, 5.41) is 2.71. The summed E-state index contributed by atoms with van der Waals surface area (Å²) in [5.74, 6) is -1.43. The van der Waals surface area contributed by atoms with Gasteiger partial charge in [-0.2, -0.15) is 0 Å². The number of nitrogens with one attached hydrogen (secondary N) is 1. The maximum atomic E-state index is 13.1. The highest BCUT2D eigenvalue weighted by molar-refractivity contribution is 5.87. The molecule has 0 saturated carbocycles. The summed E-state index contributed by atoms with van der Waals surface area (Å²) in [5.41, 5.74) is 16.8. The minimum Gasteiger partial charge on any atom is -0.466 e. The molecule has 7 N–H and O–H groups in total. The van der Waals surface area contributed by atoms with Crippen molar-refractivity contribution >= 4 is 23.8 Å². The highest BCUT2D eigenvalue weighted by Crippen LogP contribution is 2.13. The zero-order valence-corrected chi connectivity index (χ0v) is 36.9. The first-order chi connectivity index (χ1) is 27.8. The van der Waals surface area contributed by atoms with Crippen molar-refractivity contribution < 1.29 is 23.9 Å². The molecule has 0 aromatic carbocycles. The second-order valence-corrected chi connectivity index (χ2v) is 15.9. The zero-order chi connectivity index (χ0) is 41.9. The SMILES string of the molecule is CCCCCCCC/C=C\CCCCCCCCOC(=O)CC[C@H](NC(=O)[C@@H](N)CCCN=C(N)N)C(=O)OCCCCCCCC/C=C\CCCCCCCC. The Morgan fingerprint density at radius 2 is 0.947 bits per heavy atom. The first kappa shape index (κ1) is 54.1. The van der Waals surface area contributed by atoms with Crippen LogP contribution in [0.2, 0.25) is 0 Å². The summed E-state index contributed by atoms with van der Waals surface area (Å²) in [6, 6.07) is -1.82. The number of allylic oxidation sites excluding steroid dienone is 4. The van der Waals surface area contributed by atoms with E-state index in [2.05, 4.69) is 48.5 Å². The normalized spacial score (nSPS) is 12.5. The van der Waals surface area contributed by atoms with Gasteiger partial charge in [0.25, 0.3) is 0 Å². The molecule has 0 unspecified atom stereocenters. The number of ether oxygens (including phenoxy) is 2. The van der Waals surface area contributed by atoms with Gasteiger partial charge in [0.2, 0.25) is 5.91 Å². The number of unbranched alkanes of at least 4 members (excludes halogenated alkanes) is 24. The number of rotatable bonds is 42. The summed E-state index contributed by atoms with van der Waals surface area (Å²) in [6.45, 7) is 5.50. The minimum absolute atomic E-state index is 0.000384. The van der Waals surface area contributed by atoms with E-state index < -0.39 is 24.0 Å². The van der Waals surface area contributed by atoms with Gasteiger partial charge in [0.1, 0.15) is 6.04 Å². The van der Waals surface area contributed by atoms with Gasteiger partial charge in [-0.1, -0.05) is 154 Å². The van der Waals surface area contributed by atoms with Gasteiger partial charge in [0.15, 0.2) is 5.96 Å². The van der Waals surface area contributed by atoms with E-state index >= 15 is 0 Å². The van der Waals surface area contributed by atoms with Gasteiger partial charge in [-0.3, -0.25) is 14.6 Å². The Labute approximate surface area is 349 Å². The molecule has 0 saturated heterocycles. The van der Waals surface area contributed by atoms with E-state index in [1.165, 1.54) is 128 Å². The van der Waals surface area contributed by atoms with Crippen molar-refractivity contribution in [3.8, 4) is 0 Å². The largest absolute Gasteiger partial charge is 0.466 e. The van der Waals surface area contributed by atoms with Crippen LogP contribution in [0.25, 0.3) is 0 Å². The third kappa shape index (κ3) is 39.7. The molecule has 0 aliphatic rings. The van der Waals surface area contributed by atoms with Gasteiger partial charge < -0.3 is 32.0 Å². The zero-order valence-electron chi connectivity index (χ0n) is 36.9. The van der Waals surface area contributed by atoms with Gasteiger partial charge in [-0.25, -0.2) is 4.79 Å². The quantitative estimate of drug-likeness (QED) is 0.0155. The summed E-state index contributed by atoms with van der Waals surface area (Å²) >= 11 is 0. The Kier molecular flexibility index (Phi) is 40.6. The molecule has 0 rings (SSSR count). The first-order valence-electron chi connectivity index (χ1n) is 23.5. The molecule has 10 heteroatoms. The number of esters is 2. The molecule has 0 aliphatic heterocycles. The van der Waals surface area contributed by atoms with Gasteiger partial charge in [-0.15, -0.1) is 0 Å². The Bertz CT molecular complexity index is 1030. The lowest BCUT2D eigenvalue weighted by molar-refractivity contribution is -0.149. The highest BCUT2D eigenvalue weighted by atomic mass is 16.5. The predicted octanol–water partition coefficient (Wildman–Crippen LogP) is 10.8. The van der Waals surface area contributed by atoms with Crippen molar-refractivity contribution in [2.45, 2.75) is 231 Å². The monoisotopic (exact) mass is 804 g/mol. The van der Waals surface area contributed by atoms with Crippen molar-refractivity contribution in [2.24, 2.45) is 22.2 Å². The van der Waals surface area contributed by atoms with Crippen molar-refractivity contribution in [1.82, 2.24) is 5.32 Å². The van der Waals surface area contributed by atoms with Crippen LogP contribution in [0.15, 0.2) is 29.3 Å². The molecule has 0 aromatic heterocycles. The van der Waals surface area contributed by atoms with Crippen LogP contribution in [-0.2, 0) is 23.9 Å². The Hall–Kier alpha value is -2.88. The average molecular weight is 804 g/mol. The predicted molar refractivity (Wildman–Crippen MR) is 240 cm³/mol. The van der Waals surface area contributed by atoms with E-state index in [1.807, 2.05) is 0 Å². The molecular formula is C47H89N5O5. The fraction of sp³-hybridized carbons (Fsp3) is 0.830. The van der Waals surface area contributed by atoms with Crippen molar-refractivity contribution in [1.29, 1.82) is 0 Å². The number of aliphatic imine (C=N–C) groups is 1. The van der Waals surface area contributed by atoms with E-state index in [4.69, 9.17) is 26.7 Å². The summed E-state index contributed by atoms with van der Waals surface area (Å²) < 4.78 is 11.0. The lowest BCUT2D eigenvalue weighted by Crippen LogP contribution is -2.49. The number of carbonyl (C=O) groups excluding carboxylic acids is 3. The third-order valence-corrected chi connectivity index (χ3v) is 10.4. The maximum absolute atomic E-state index is 13.1. The van der Waals surface area contributed by atoms with Crippen LogP contribution in [0.3, 0.4) is 0 Å². The average Bonchev–Trinajstić information content (AvgIpc) is 3.20. The second kappa shape index (κ2) is 42.7. The van der Waals surface area contributed by atoms with Crippen molar-refractivity contribution in [3.63, 3.8) is 0 Å². The topological polar surface area (TPSA) is 172 Å². The Morgan fingerprint density at radius 1 is 0.544 bits per heavy atom. The van der Waals surface area contributed by atoms with Crippen LogP contribution in [0.1, 0.15) is 219 Å². The molecule has 57 heavy (non-hydrogen) atoms. The van der Waals surface area contributed by atoms with Gasteiger partial charge >= 0.3 is 11.9 Å². The lowest BCUT2D eigenvalue weighted by atomic mass is 10.1. The molecule has 0 heterocycles. The Balaban J connectivity index is 4.33. The number of nitrogens with zero attached hydrogens (tertiary/aromatic N) is 1. The molecule has 10 nitrogen and oxygen atoms in total. The third-order valence-electron chi connectivity index (χ3n) is 10.4. The first-order valence-corrected chi connectivity index (χ1v) is 23.5. The number of nitrogens with two attached hydrogens (primary N) is 3. The number of carbonyl (C=O) groups is 3. The van der Waals surface area contributed by atoms with Crippen molar-refractivity contribution in [2.75, 3.05) is 19.8 Å². The summed E-state index contributed by atoms with van der Waals surface area (Å²) in [7, 11) is 0. The van der Waals surface area contributed by atoms with Crippen LogP contribution in [0.5, 0.6) is 0 Å². The maximum Gasteiger partial charge on any atom is 0.328 e. The van der Waals surface area contributed by atoms with Crippen LogP contribution in [-0.4, -0.2) is 55.6 Å². The second-order valence-electron chi connectivity index (χ2n) is 15.9. The molecule has 0 fully saturated rings. The Morgan fingerprint density at radius 3 is 1.39 bits per heavy atom. The molecule has 2 atom stereocenters. The number of hydrogen-bond acceptors (Lipinski definition) is 7. The fourth-order valence-electron chi connectivity index (χ4n) is 6.67. The highest BCUT2D eigenvalue weighted by Gasteiger charge is 2.26. The standard InChI is InChI=1S/C47H89N5O5/c1-3-5-7-9-11-13-15-17-19-21-23-25-27-29-31-33-40-56-44(53)38-37-43(52-45(54)42(48)36-35-39-51-47(49)50)46(55)57-41-34-32-30-28-26-24-22-20-18-16-14-12-10-8-6-4-2/h17-20,42-43H,3-16,21-41,48H2,1-2H3,(H,52,54)(H4,49,50,51)/b19-17-,20-18-/t42-,43-/m0/s1.